The fourth-order valence-electron chi connectivity index (χ4n) is 2.00. The Hall–Kier alpha value is -1.91. The van der Waals surface area contributed by atoms with Crippen LogP contribution in [0.2, 0.25) is 0 Å². The summed E-state index contributed by atoms with van der Waals surface area (Å²) in [5.74, 6) is -1.20. The van der Waals surface area contributed by atoms with Crippen LogP contribution in [0.15, 0.2) is 18.3 Å². The van der Waals surface area contributed by atoms with Crippen LogP contribution in [0.25, 0.3) is 0 Å². The van der Waals surface area contributed by atoms with Gasteiger partial charge in [-0.1, -0.05) is 26.7 Å². The molecule has 0 radical (unpaired) electrons. The molecule has 0 saturated heterocycles. The first kappa shape index (κ1) is 15.1. The van der Waals surface area contributed by atoms with Gasteiger partial charge in [0.25, 0.3) is 0 Å². The van der Waals surface area contributed by atoms with Gasteiger partial charge in [0.05, 0.1) is 0 Å². The molecule has 0 fully saturated rings. The molecule has 1 heterocycles. The quantitative estimate of drug-likeness (QED) is 0.793. The van der Waals surface area contributed by atoms with Crippen LogP contribution in [0, 0.1) is 5.92 Å². The molecule has 19 heavy (non-hydrogen) atoms. The molecular weight excluding hydrogens is 244 g/mol. The monoisotopic (exact) mass is 264 g/mol. The van der Waals surface area contributed by atoms with Crippen molar-refractivity contribution in [3.63, 3.8) is 0 Å². The van der Waals surface area contributed by atoms with Crippen molar-refractivity contribution in [1.29, 1.82) is 0 Å². The average molecular weight is 264 g/mol. The minimum Gasteiger partial charge on any atom is -0.478 e. The van der Waals surface area contributed by atoms with Gasteiger partial charge in [0.15, 0.2) is 0 Å². The molecule has 5 nitrogen and oxygen atoms in total. The molecule has 5 heteroatoms. The maximum Gasteiger partial charge on any atom is 0.339 e. The van der Waals surface area contributed by atoms with Crippen LogP contribution in [0.5, 0.6) is 0 Å². The van der Waals surface area contributed by atoms with Crippen molar-refractivity contribution in [2.45, 2.75) is 39.5 Å². The number of anilines is 1. The fraction of sp³-hybridized carbons (Fsp3) is 0.500. The highest BCUT2D eigenvalue weighted by Gasteiger charge is 2.19. The van der Waals surface area contributed by atoms with Crippen LogP contribution in [0.4, 0.5) is 5.82 Å². The van der Waals surface area contributed by atoms with E-state index in [1.807, 2.05) is 13.8 Å². The standard InChI is InChI=1S/C14H20N2O3/c1-3-6-10(7-4-2)13(17)16-12-11(14(18)19)8-5-9-15-12/h5,8-10H,3-4,6-7H2,1-2H3,(H,18,19)(H,15,16,17). The van der Waals surface area contributed by atoms with E-state index in [0.29, 0.717) is 0 Å². The highest BCUT2D eigenvalue weighted by atomic mass is 16.4. The van der Waals surface area contributed by atoms with E-state index in [1.165, 1.54) is 18.3 Å². The van der Waals surface area contributed by atoms with Crippen molar-refractivity contribution in [3.05, 3.63) is 23.9 Å². The summed E-state index contributed by atoms with van der Waals surface area (Å²) in [5.41, 5.74) is 0.0163. The summed E-state index contributed by atoms with van der Waals surface area (Å²) in [5, 5.41) is 11.7. The molecule has 0 unspecified atom stereocenters. The van der Waals surface area contributed by atoms with Crippen molar-refractivity contribution in [2.24, 2.45) is 5.92 Å². The first-order valence-electron chi connectivity index (χ1n) is 6.59. The lowest BCUT2D eigenvalue weighted by atomic mass is 9.97. The zero-order chi connectivity index (χ0) is 14.3. The third-order valence-electron chi connectivity index (χ3n) is 2.92. The van der Waals surface area contributed by atoms with Crippen LogP contribution in [0.3, 0.4) is 0 Å². The molecule has 1 aromatic heterocycles. The van der Waals surface area contributed by atoms with Crippen LogP contribution in [-0.4, -0.2) is 22.0 Å². The van der Waals surface area contributed by atoms with E-state index in [4.69, 9.17) is 5.11 Å². The largest absolute Gasteiger partial charge is 0.478 e. The number of nitrogens with one attached hydrogen (secondary N) is 1. The zero-order valence-corrected chi connectivity index (χ0v) is 11.3. The van der Waals surface area contributed by atoms with E-state index < -0.39 is 5.97 Å². The molecule has 1 aromatic rings. The zero-order valence-electron chi connectivity index (χ0n) is 11.3. The highest BCUT2D eigenvalue weighted by Crippen LogP contribution is 2.18. The SMILES string of the molecule is CCCC(CCC)C(=O)Nc1ncccc1C(=O)O. The van der Waals surface area contributed by atoms with Gasteiger partial charge < -0.3 is 10.4 Å². The number of aromatic carboxylic acids is 1. The summed E-state index contributed by atoms with van der Waals surface area (Å²) in [6.45, 7) is 4.05. The topological polar surface area (TPSA) is 79.3 Å². The van der Waals surface area contributed by atoms with Crippen LogP contribution >= 0.6 is 0 Å². The summed E-state index contributed by atoms with van der Waals surface area (Å²) < 4.78 is 0. The minimum atomic E-state index is -1.09. The Morgan fingerprint density at radius 3 is 2.47 bits per heavy atom. The van der Waals surface area contributed by atoms with Crippen molar-refractivity contribution < 1.29 is 14.7 Å². The lowest BCUT2D eigenvalue weighted by Crippen LogP contribution is -2.24. The van der Waals surface area contributed by atoms with Gasteiger partial charge in [-0.05, 0) is 25.0 Å². The number of hydrogen-bond donors (Lipinski definition) is 2. The number of aromatic nitrogens is 1. The maximum absolute atomic E-state index is 12.1. The molecule has 0 aliphatic carbocycles. The van der Waals surface area contributed by atoms with Crippen LogP contribution < -0.4 is 5.32 Å². The number of nitrogens with zero attached hydrogens (tertiary/aromatic N) is 1. The Bertz CT molecular complexity index is 440. The van der Waals surface area contributed by atoms with Crippen molar-refractivity contribution >= 4 is 17.7 Å². The van der Waals surface area contributed by atoms with Gasteiger partial charge in [-0.25, -0.2) is 9.78 Å². The molecule has 1 amide bonds. The van der Waals surface area contributed by atoms with Gasteiger partial charge in [-0.2, -0.15) is 0 Å². The number of carbonyl (C=O) groups excluding carboxylic acids is 1. The smallest absolute Gasteiger partial charge is 0.339 e. The number of amides is 1. The molecule has 1 rings (SSSR count). The van der Waals surface area contributed by atoms with E-state index in [0.717, 1.165) is 25.7 Å². The van der Waals surface area contributed by atoms with Crippen molar-refractivity contribution in [3.8, 4) is 0 Å². The Balaban J connectivity index is 2.83. The first-order valence-corrected chi connectivity index (χ1v) is 6.59. The summed E-state index contributed by atoms with van der Waals surface area (Å²) in [7, 11) is 0. The second-order valence-electron chi connectivity index (χ2n) is 4.47. The lowest BCUT2D eigenvalue weighted by Gasteiger charge is -2.15. The molecule has 0 aliphatic heterocycles. The van der Waals surface area contributed by atoms with E-state index in [2.05, 4.69) is 10.3 Å². The summed E-state index contributed by atoms with van der Waals surface area (Å²) >= 11 is 0. The van der Waals surface area contributed by atoms with Crippen molar-refractivity contribution in [1.82, 2.24) is 4.98 Å². The van der Waals surface area contributed by atoms with Crippen LogP contribution in [-0.2, 0) is 4.79 Å². The van der Waals surface area contributed by atoms with Gasteiger partial charge in [-0.3, -0.25) is 4.79 Å². The first-order chi connectivity index (χ1) is 9.10. The molecule has 0 aliphatic rings. The number of carbonyl (C=O) groups is 2. The van der Waals surface area contributed by atoms with E-state index in [1.54, 1.807) is 0 Å². The molecule has 0 bridgehead atoms. The Kier molecular flexibility index (Phi) is 5.99. The average Bonchev–Trinajstić information content (AvgIpc) is 2.38. The Labute approximate surface area is 113 Å². The molecule has 0 saturated carbocycles. The Morgan fingerprint density at radius 1 is 1.32 bits per heavy atom. The third-order valence-corrected chi connectivity index (χ3v) is 2.92. The van der Waals surface area contributed by atoms with E-state index in [-0.39, 0.29) is 23.2 Å². The summed E-state index contributed by atoms with van der Waals surface area (Å²) in [6.07, 6.45) is 4.92. The summed E-state index contributed by atoms with van der Waals surface area (Å²) in [4.78, 5) is 27.1. The number of pyridine rings is 1. The molecule has 0 spiro atoms. The van der Waals surface area contributed by atoms with Gasteiger partial charge in [-0.15, -0.1) is 0 Å². The minimum absolute atomic E-state index is 0.0163. The van der Waals surface area contributed by atoms with Gasteiger partial charge >= 0.3 is 5.97 Å². The molecule has 0 aromatic carbocycles. The van der Waals surface area contributed by atoms with Gasteiger partial charge in [0, 0.05) is 12.1 Å². The summed E-state index contributed by atoms with van der Waals surface area (Å²) in [6, 6.07) is 2.97. The third kappa shape index (κ3) is 4.35. The maximum atomic E-state index is 12.1. The predicted octanol–water partition coefficient (Wildman–Crippen LogP) is 2.93. The van der Waals surface area contributed by atoms with Gasteiger partial charge in [0.1, 0.15) is 11.4 Å². The second kappa shape index (κ2) is 7.51. The molecule has 104 valence electrons. The lowest BCUT2D eigenvalue weighted by molar-refractivity contribution is -0.120. The molecule has 2 N–H and O–H groups in total. The van der Waals surface area contributed by atoms with E-state index in [9.17, 15) is 9.59 Å². The molecular formula is C14H20N2O3. The predicted molar refractivity (Wildman–Crippen MR) is 73.1 cm³/mol. The number of carboxylic acid groups (broad SMARTS) is 1. The highest BCUT2D eigenvalue weighted by molar-refractivity contribution is 5.99. The fourth-order valence-corrected chi connectivity index (χ4v) is 2.00. The van der Waals surface area contributed by atoms with Crippen molar-refractivity contribution in [2.75, 3.05) is 5.32 Å². The molecule has 0 atom stereocenters. The second-order valence-corrected chi connectivity index (χ2v) is 4.47. The number of hydrogen-bond acceptors (Lipinski definition) is 3. The normalized spacial score (nSPS) is 10.5. The van der Waals surface area contributed by atoms with E-state index >= 15 is 0 Å². The van der Waals surface area contributed by atoms with Crippen LogP contribution in [0.1, 0.15) is 49.9 Å². The number of rotatable bonds is 7. The van der Waals surface area contributed by atoms with Gasteiger partial charge in [0.2, 0.25) is 5.91 Å². The Morgan fingerprint density at radius 2 is 1.95 bits per heavy atom. The number of carboxylic acids is 1.